The van der Waals surface area contributed by atoms with Crippen LogP contribution in [0.5, 0.6) is 0 Å². The van der Waals surface area contributed by atoms with E-state index in [1.165, 1.54) is 0 Å². The van der Waals surface area contributed by atoms with E-state index in [4.69, 9.17) is 4.74 Å². The highest BCUT2D eigenvalue weighted by atomic mass is 16.5. The van der Waals surface area contributed by atoms with Crippen molar-refractivity contribution in [1.82, 2.24) is 4.98 Å². The number of anilines is 2. The fraction of sp³-hybridized carbons (Fsp3) is 0.250. The lowest BCUT2D eigenvalue weighted by Gasteiger charge is -2.10. The van der Waals surface area contributed by atoms with Gasteiger partial charge in [0.2, 0.25) is 0 Å². The number of aromatic nitrogens is 1. The first-order valence-electron chi connectivity index (χ1n) is 6.83. The molecule has 5 nitrogen and oxygen atoms in total. The van der Waals surface area contributed by atoms with Crippen LogP contribution < -0.4 is 10.6 Å². The lowest BCUT2D eigenvalue weighted by atomic mass is 10.2. The van der Waals surface area contributed by atoms with E-state index in [0.29, 0.717) is 18.1 Å². The summed E-state index contributed by atoms with van der Waals surface area (Å²) in [6.45, 7) is 3.19. The second kappa shape index (κ2) is 7.40. The van der Waals surface area contributed by atoms with E-state index in [2.05, 4.69) is 15.6 Å². The van der Waals surface area contributed by atoms with Gasteiger partial charge in [-0.2, -0.15) is 0 Å². The molecule has 0 radical (unpaired) electrons. The van der Waals surface area contributed by atoms with E-state index in [1.54, 1.807) is 19.2 Å². The number of nitrogens with one attached hydrogen (secondary N) is 2. The molecule has 1 heterocycles. The van der Waals surface area contributed by atoms with Crippen LogP contribution in [0.2, 0.25) is 0 Å². The van der Waals surface area contributed by atoms with Crippen molar-refractivity contribution in [1.29, 1.82) is 0 Å². The molecule has 1 amide bonds. The molecule has 5 heteroatoms. The van der Waals surface area contributed by atoms with Gasteiger partial charge in [-0.25, -0.2) is 4.98 Å². The van der Waals surface area contributed by atoms with Gasteiger partial charge in [-0.3, -0.25) is 4.79 Å². The summed E-state index contributed by atoms with van der Waals surface area (Å²) in [6.07, 6.45) is 0. The first-order valence-corrected chi connectivity index (χ1v) is 6.83. The number of pyridine rings is 1. The number of carbonyl (C=O) groups is 1. The zero-order valence-corrected chi connectivity index (χ0v) is 12.2. The van der Waals surface area contributed by atoms with Crippen molar-refractivity contribution >= 4 is 17.4 Å². The van der Waals surface area contributed by atoms with E-state index >= 15 is 0 Å². The summed E-state index contributed by atoms with van der Waals surface area (Å²) in [4.78, 5) is 16.6. The van der Waals surface area contributed by atoms with Gasteiger partial charge < -0.3 is 15.4 Å². The number of rotatable bonds is 6. The number of hydrogen-bond acceptors (Lipinski definition) is 4. The Morgan fingerprint density at radius 2 is 2.00 bits per heavy atom. The van der Waals surface area contributed by atoms with Crippen LogP contribution in [0, 0.1) is 0 Å². The number of para-hydroxylation sites is 1. The third kappa shape index (κ3) is 4.03. The van der Waals surface area contributed by atoms with Gasteiger partial charge in [-0.15, -0.1) is 0 Å². The highest BCUT2D eigenvalue weighted by molar-refractivity contribution is 6.03. The molecule has 2 N–H and O–H groups in total. The van der Waals surface area contributed by atoms with Crippen LogP contribution in [-0.2, 0) is 11.3 Å². The molecule has 21 heavy (non-hydrogen) atoms. The average Bonchev–Trinajstić information content (AvgIpc) is 2.50. The Morgan fingerprint density at radius 1 is 1.19 bits per heavy atom. The maximum Gasteiger partial charge on any atom is 0.274 e. The number of hydrogen-bond donors (Lipinski definition) is 2. The molecular formula is C16H19N3O2. The van der Waals surface area contributed by atoms with Crippen molar-refractivity contribution in [3.05, 3.63) is 53.7 Å². The predicted molar refractivity (Wildman–Crippen MR) is 83.5 cm³/mol. The minimum absolute atomic E-state index is 0.238. The third-order valence-electron chi connectivity index (χ3n) is 2.91. The van der Waals surface area contributed by atoms with Crippen molar-refractivity contribution in [3.8, 4) is 0 Å². The summed E-state index contributed by atoms with van der Waals surface area (Å²) >= 11 is 0. The van der Waals surface area contributed by atoms with Gasteiger partial charge in [0.1, 0.15) is 11.5 Å². The van der Waals surface area contributed by atoms with Gasteiger partial charge in [0.25, 0.3) is 5.91 Å². The van der Waals surface area contributed by atoms with Crippen LogP contribution in [0.4, 0.5) is 11.5 Å². The van der Waals surface area contributed by atoms with E-state index in [9.17, 15) is 4.79 Å². The SMILES string of the molecule is CCNc1cccc(C(=O)Nc2ccccc2COC)n1. The highest BCUT2D eigenvalue weighted by Gasteiger charge is 2.10. The molecule has 0 atom stereocenters. The monoisotopic (exact) mass is 285 g/mol. The maximum atomic E-state index is 12.3. The zero-order chi connectivity index (χ0) is 15.1. The molecule has 0 unspecified atom stereocenters. The minimum Gasteiger partial charge on any atom is -0.380 e. The molecule has 0 spiro atoms. The van der Waals surface area contributed by atoms with E-state index in [-0.39, 0.29) is 5.91 Å². The van der Waals surface area contributed by atoms with Gasteiger partial charge in [0.15, 0.2) is 0 Å². The average molecular weight is 285 g/mol. The van der Waals surface area contributed by atoms with Crippen LogP contribution in [0.3, 0.4) is 0 Å². The summed E-state index contributed by atoms with van der Waals surface area (Å²) in [5, 5.41) is 5.96. The predicted octanol–water partition coefficient (Wildman–Crippen LogP) is 2.91. The van der Waals surface area contributed by atoms with E-state index in [0.717, 1.165) is 17.8 Å². The number of ether oxygens (including phenoxy) is 1. The standard InChI is InChI=1S/C16H19N3O2/c1-3-17-15-10-6-9-14(18-15)16(20)19-13-8-5-4-7-12(13)11-21-2/h4-10H,3,11H2,1-2H3,(H,17,18)(H,19,20). The number of methoxy groups -OCH3 is 1. The van der Waals surface area contributed by atoms with Crippen molar-refractivity contribution in [2.24, 2.45) is 0 Å². The molecule has 2 rings (SSSR count). The lowest BCUT2D eigenvalue weighted by molar-refractivity contribution is 0.102. The second-order valence-electron chi connectivity index (χ2n) is 4.48. The Kier molecular flexibility index (Phi) is 5.29. The molecule has 0 aliphatic rings. The van der Waals surface area contributed by atoms with Gasteiger partial charge in [0, 0.05) is 24.9 Å². The summed E-state index contributed by atoms with van der Waals surface area (Å²) in [5.41, 5.74) is 2.04. The summed E-state index contributed by atoms with van der Waals surface area (Å²) in [5.74, 6) is 0.452. The summed E-state index contributed by atoms with van der Waals surface area (Å²) in [6, 6.07) is 12.9. The van der Waals surface area contributed by atoms with Crippen molar-refractivity contribution < 1.29 is 9.53 Å². The molecule has 0 aliphatic heterocycles. The minimum atomic E-state index is -0.238. The number of benzene rings is 1. The molecule has 0 bridgehead atoms. The molecule has 0 saturated carbocycles. The van der Waals surface area contributed by atoms with Crippen molar-refractivity contribution in [3.63, 3.8) is 0 Å². The topological polar surface area (TPSA) is 63.2 Å². The van der Waals surface area contributed by atoms with Crippen molar-refractivity contribution in [2.75, 3.05) is 24.3 Å². The lowest BCUT2D eigenvalue weighted by Crippen LogP contribution is -2.15. The van der Waals surface area contributed by atoms with Crippen molar-refractivity contribution in [2.45, 2.75) is 13.5 Å². The molecule has 1 aromatic carbocycles. The molecule has 2 aromatic rings. The summed E-state index contributed by atoms with van der Waals surface area (Å²) < 4.78 is 5.13. The highest BCUT2D eigenvalue weighted by Crippen LogP contribution is 2.17. The number of carbonyl (C=O) groups excluding carboxylic acids is 1. The fourth-order valence-electron chi connectivity index (χ4n) is 1.95. The third-order valence-corrected chi connectivity index (χ3v) is 2.91. The first-order chi connectivity index (χ1) is 10.2. The van der Waals surface area contributed by atoms with E-state index < -0.39 is 0 Å². The molecular weight excluding hydrogens is 266 g/mol. The molecule has 0 aliphatic carbocycles. The zero-order valence-electron chi connectivity index (χ0n) is 12.2. The molecule has 0 fully saturated rings. The van der Waals surface area contributed by atoms with Gasteiger partial charge in [-0.1, -0.05) is 24.3 Å². The van der Waals surface area contributed by atoms with Crippen LogP contribution in [0.15, 0.2) is 42.5 Å². The van der Waals surface area contributed by atoms with Crippen LogP contribution in [0.1, 0.15) is 23.0 Å². The quantitative estimate of drug-likeness (QED) is 0.856. The first kappa shape index (κ1) is 15.0. The van der Waals surface area contributed by atoms with Crippen LogP contribution in [0.25, 0.3) is 0 Å². The normalized spacial score (nSPS) is 10.2. The Hall–Kier alpha value is -2.40. The maximum absolute atomic E-state index is 12.3. The van der Waals surface area contributed by atoms with Crippen LogP contribution >= 0.6 is 0 Å². The Morgan fingerprint density at radius 3 is 2.76 bits per heavy atom. The number of nitrogens with zero attached hydrogens (tertiary/aromatic N) is 1. The fourth-order valence-corrected chi connectivity index (χ4v) is 1.95. The molecule has 1 aromatic heterocycles. The molecule has 110 valence electrons. The van der Waals surface area contributed by atoms with Gasteiger partial charge in [0.05, 0.1) is 6.61 Å². The van der Waals surface area contributed by atoms with E-state index in [1.807, 2.05) is 37.3 Å². The molecule has 0 saturated heterocycles. The number of amides is 1. The van der Waals surface area contributed by atoms with Gasteiger partial charge in [-0.05, 0) is 25.1 Å². The second-order valence-corrected chi connectivity index (χ2v) is 4.48. The Balaban J connectivity index is 2.16. The van der Waals surface area contributed by atoms with Crippen LogP contribution in [-0.4, -0.2) is 24.5 Å². The largest absolute Gasteiger partial charge is 0.380 e. The van der Waals surface area contributed by atoms with Gasteiger partial charge >= 0.3 is 0 Å². The Labute approximate surface area is 124 Å². The smallest absolute Gasteiger partial charge is 0.274 e. The Bertz CT molecular complexity index is 614. The summed E-state index contributed by atoms with van der Waals surface area (Å²) in [7, 11) is 1.63.